The molecule has 31 heavy (non-hydrogen) atoms. The monoisotopic (exact) mass is 437 g/mol. The predicted molar refractivity (Wildman–Crippen MR) is 110 cm³/mol. The highest BCUT2D eigenvalue weighted by molar-refractivity contribution is 6.07. The summed E-state index contributed by atoms with van der Waals surface area (Å²) in [5, 5.41) is 7.25. The minimum absolute atomic E-state index is 0.0251. The molecule has 0 atom stereocenters. The van der Waals surface area contributed by atoms with Crippen molar-refractivity contribution >= 4 is 35.0 Å². The van der Waals surface area contributed by atoms with Crippen LogP contribution >= 0.6 is 0 Å². The maximum absolute atomic E-state index is 13.0. The molecule has 0 saturated heterocycles. The molecule has 0 aromatic heterocycles. The van der Waals surface area contributed by atoms with E-state index < -0.39 is 35.2 Å². The van der Waals surface area contributed by atoms with Gasteiger partial charge < -0.3 is 15.4 Å². The van der Waals surface area contributed by atoms with E-state index in [2.05, 4.69) is 16.0 Å². The molecule has 0 aliphatic rings. The Morgan fingerprint density at radius 2 is 1.45 bits per heavy atom. The Kier molecular flexibility index (Phi) is 6.94. The lowest BCUT2D eigenvalue weighted by atomic mass is 10.1. The number of ether oxygens (including phenoxy) is 1. The summed E-state index contributed by atoms with van der Waals surface area (Å²) >= 11 is 0. The molecule has 0 bridgehead atoms. The second-order valence-corrected chi connectivity index (χ2v) is 7.60. The van der Waals surface area contributed by atoms with Crippen molar-refractivity contribution in [2.75, 3.05) is 16.0 Å². The van der Waals surface area contributed by atoms with E-state index in [1.807, 2.05) is 0 Å². The number of carbonyl (C=O) groups excluding carboxylic acids is 3. The van der Waals surface area contributed by atoms with Gasteiger partial charge in [0.25, 0.3) is 5.91 Å². The molecule has 2 aromatic rings. The van der Waals surface area contributed by atoms with Gasteiger partial charge in [-0.25, -0.2) is 4.79 Å². The first-order chi connectivity index (χ1) is 14.2. The Balaban J connectivity index is 2.18. The Hall–Kier alpha value is -3.56. The van der Waals surface area contributed by atoms with Gasteiger partial charge in [0.1, 0.15) is 5.60 Å². The molecule has 10 heteroatoms. The molecular weight excluding hydrogens is 415 g/mol. The number of hydrogen-bond acceptors (Lipinski definition) is 4. The van der Waals surface area contributed by atoms with Crippen molar-refractivity contribution in [2.24, 2.45) is 0 Å². The average Bonchev–Trinajstić information content (AvgIpc) is 2.60. The molecule has 2 aromatic carbocycles. The van der Waals surface area contributed by atoms with Gasteiger partial charge in [-0.05, 0) is 63.2 Å². The topological polar surface area (TPSA) is 96.5 Å². The first-order valence-corrected chi connectivity index (χ1v) is 9.15. The summed E-state index contributed by atoms with van der Waals surface area (Å²) < 4.78 is 44.2. The minimum Gasteiger partial charge on any atom is -0.444 e. The van der Waals surface area contributed by atoms with Crippen LogP contribution in [0.5, 0.6) is 0 Å². The molecule has 3 N–H and O–H groups in total. The van der Waals surface area contributed by atoms with Crippen LogP contribution in [0, 0.1) is 0 Å². The van der Waals surface area contributed by atoms with Crippen molar-refractivity contribution in [1.82, 2.24) is 0 Å². The number of amides is 3. The van der Waals surface area contributed by atoms with Gasteiger partial charge in [-0.15, -0.1) is 0 Å². The minimum atomic E-state index is -4.62. The zero-order valence-corrected chi connectivity index (χ0v) is 17.3. The molecule has 0 heterocycles. The largest absolute Gasteiger partial charge is 0.444 e. The van der Waals surface area contributed by atoms with E-state index in [9.17, 15) is 27.6 Å². The number of halogens is 3. The van der Waals surface area contributed by atoms with E-state index in [1.165, 1.54) is 31.2 Å². The average molecular weight is 437 g/mol. The lowest BCUT2D eigenvalue weighted by Crippen LogP contribution is -2.27. The quantitative estimate of drug-likeness (QED) is 0.608. The fourth-order valence-corrected chi connectivity index (χ4v) is 2.44. The molecule has 0 spiro atoms. The second-order valence-electron chi connectivity index (χ2n) is 7.60. The molecule has 0 aliphatic heterocycles. The number of hydrogen-bond donors (Lipinski definition) is 3. The van der Waals surface area contributed by atoms with Gasteiger partial charge in [0.2, 0.25) is 5.91 Å². The molecule has 0 fully saturated rings. The molecule has 0 aliphatic carbocycles. The van der Waals surface area contributed by atoms with Crippen molar-refractivity contribution in [3.63, 3.8) is 0 Å². The third kappa shape index (κ3) is 7.32. The van der Waals surface area contributed by atoms with Gasteiger partial charge in [0.15, 0.2) is 0 Å². The summed E-state index contributed by atoms with van der Waals surface area (Å²) in [5.74, 6) is -1.21. The van der Waals surface area contributed by atoms with Gasteiger partial charge in [-0.2, -0.15) is 13.2 Å². The summed E-state index contributed by atoms with van der Waals surface area (Å²) in [6.07, 6.45) is -5.29. The van der Waals surface area contributed by atoms with Gasteiger partial charge in [0, 0.05) is 18.2 Å². The maximum atomic E-state index is 13.0. The fourth-order valence-electron chi connectivity index (χ4n) is 2.44. The second kappa shape index (κ2) is 9.07. The van der Waals surface area contributed by atoms with Crippen molar-refractivity contribution < 1.29 is 32.3 Å². The molecule has 0 radical (unpaired) electrons. The lowest BCUT2D eigenvalue weighted by Gasteiger charge is -2.19. The van der Waals surface area contributed by atoms with Crippen LogP contribution in [0.1, 0.15) is 43.6 Å². The number of rotatable bonds is 4. The van der Waals surface area contributed by atoms with E-state index in [4.69, 9.17) is 4.74 Å². The van der Waals surface area contributed by atoms with Gasteiger partial charge in [-0.1, -0.05) is 0 Å². The fraction of sp³-hybridized carbons (Fsp3) is 0.286. The molecule has 0 unspecified atom stereocenters. The van der Waals surface area contributed by atoms with Crippen molar-refractivity contribution in [3.8, 4) is 0 Å². The van der Waals surface area contributed by atoms with Crippen LogP contribution < -0.4 is 16.0 Å². The Morgan fingerprint density at radius 1 is 0.839 bits per heavy atom. The summed E-state index contributed by atoms with van der Waals surface area (Å²) in [4.78, 5) is 35.6. The van der Waals surface area contributed by atoms with Crippen LogP contribution in [0.4, 0.5) is 35.0 Å². The number of alkyl halides is 3. The third-order valence-corrected chi connectivity index (χ3v) is 3.70. The van der Waals surface area contributed by atoms with Crippen molar-refractivity contribution in [3.05, 3.63) is 53.6 Å². The Morgan fingerprint density at radius 3 is 1.97 bits per heavy atom. The number of benzene rings is 2. The Bertz CT molecular complexity index is 981. The number of anilines is 3. The molecule has 0 saturated carbocycles. The summed E-state index contributed by atoms with van der Waals surface area (Å²) in [5.41, 5.74) is -1.35. The SMILES string of the molecule is CC(=O)Nc1ccc(C(F)(F)F)cc1NC(=O)c1ccc(NC(=O)OC(C)(C)C)cc1. The van der Waals surface area contributed by atoms with E-state index in [0.717, 1.165) is 18.2 Å². The highest BCUT2D eigenvalue weighted by Crippen LogP contribution is 2.34. The predicted octanol–water partition coefficient (Wildman–Crippen LogP) is 5.26. The summed E-state index contributed by atoms with van der Waals surface area (Å²) in [7, 11) is 0. The van der Waals surface area contributed by atoms with E-state index in [0.29, 0.717) is 5.69 Å². The summed E-state index contributed by atoms with van der Waals surface area (Å²) in [6.45, 7) is 6.33. The van der Waals surface area contributed by atoms with E-state index in [-0.39, 0.29) is 16.9 Å². The van der Waals surface area contributed by atoms with Crippen LogP contribution in [0.2, 0.25) is 0 Å². The lowest BCUT2D eigenvalue weighted by molar-refractivity contribution is -0.137. The van der Waals surface area contributed by atoms with Gasteiger partial charge in [-0.3, -0.25) is 14.9 Å². The van der Waals surface area contributed by atoms with Crippen LogP contribution in [-0.4, -0.2) is 23.5 Å². The van der Waals surface area contributed by atoms with Gasteiger partial charge in [0.05, 0.1) is 16.9 Å². The van der Waals surface area contributed by atoms with Crippen molar-refractivity contribution in [2.45, 2.75) is 39.5 Å². The van der Waals surface area contributed by atoms with Crippen LogP contribution in [-0.2, 0) is 15.7 Å². The molecule has 2 rings (SSSR count). The highest BCUT2D eigenvalue weighted by Gasteiger charge is 2.31. The highest BCUT2D eigenvalue weighted by atomic mass is 19.4. The zero-order valence-electron chi connectivity index (χ0n) is 17.3. The van der Waals surface area contributed by atoms with Crippen molar-refractivity contribution in [1.29, 1.82) is 0 Å². The maximum Gasteiger partial charge on any atom is 0.416 e. The number of nitrogens with one attached hydrogen (secondary N) is 3. The van der Waals surface area contributed by atoms with Crippen LogP contribution in [0.3, 0.4) is 0 Å². The summed E-state index contributed by atoms with van der Waals surface area (Å²) in [6, 6.07) is 8.26. The first kappa shape index (κ1) is 23.7. The standard InChI is InChI=1S/C21H22F3N3O4/c1-12(28)25-16-10-7-14(21(22,23)24)11-17(16)27-18(29)13-5-8-15(9-6-13)26-19(30)31-20(2,3)4/h5-11H,1-4H3,(H,25,28)(H,26,30)(H,27,29). The Labute approximate surface area is 177 Å². The third-order valence-electron chi connectivity index (χ3n) is 3.70. The van der Waals surface area contributed by atoms with E-state index in [1.54, 1.807) is 20.8 Å². The first-order valence-electron chi connectivity index (χ1n) is 9.15. The molecule has 3 amide bonds. The van der Waals surface area contributed by atoms with Gasteiger partial charge >= 0.3 is 12.3 Å². The zero-order chi connectivity index (χ0) is 23.4. The smallest absolute Gasteiger partial charge is 0.416 e. The molecular formula is C21H22F3N3O4. The van der Waals surface area contributed by atoms with Crippen LogP contribution in [0.15, 0.2) is 42.5 Å². The number of carbonyl (C=O) groups is 3. The molecule has 7 nitrogen and oxygen atoms in total. The normalized spacial score (nSPS) is 11.5. The van der Waals surface area contributed by atoms with Crippen LogP contribution in [0.25, 0.3) is 0 Å². The molecule has 166 valence electrons. The van der Waals surface area contributed by atoms with E-state index >= 15 is 0 Å².